The van der Waals surface area contributed by atoms with E-state index in [-0.39, 0.29) is 47.2 Å². The Hall–Kier alpha value is -5.70. The molecule has 6 N–H and O–H groups in total. The Kier molecular flexibility index (Phi) is 11.3. The molecule has 0 spiro atoms. The van der Waals surface area contributed by atoms with E-state index in [0.717, 1.165) is 84.0 Å². The summed E-state index contributed by atoms with van der Waals surface area (Å²) in [7, 11) is 0. The molecular weight excluding hydrogens is 697 g/mol. The van der Waals surface area contributed by atoms with Crippen molar-refractivity contribution in [3.8, 4) is 34.1 Å². The largest absolute Gasteiger partial charge is 0.508 e. The maximum atomic E-state index is 12.2. The quantitative estimate of drug-likeness (QED) is 0.0733. The number of hydrogen-bond donors (Lipinski definition) is 6. The lowest BCUT2D eigenvalue weighted by Gasteiger charge is -2.30. The first-order valence-corrected chi connectivity index (χ1v) is 20.0. The van der Waals surface area contributed by atoms with E-state index in [0.29, 0.717) is 35.3 Å². The highest BCUT2D eigenvalue weighted by Gasteiger charge is 2.27. The van der Waals surface area contributed by atoms with Crippen LogP contribution in [0.4, 0.5) is 0 Å². The molecule has 8 nitrogen and oxygen atoms in total. The number of phenols is 4. The van der Waals surface area contributed by atoms with Gasteiger partial charge in [0.05, 0.1) is 12.1 Å². The van der Waals surface area contributed by atoms with Crippen molar-refractivity contribution in [1.29, 1.82) is 0 Å². The third-order valence-corrected chi connectivity index (χ3v) is 11.7. The summed E-state index contributed by atoms with van der Waals surface area (Å²) < 4.78 is 0. The zero-order valence-electron chi connectivity index (χ0n) is 31.6. The lowest BCUT2D eigenvalue weighted by Crippen LogP contribution is -2.40. The van der Waals surface area contributed by atoms with Gasteiger partial charge in [0.25, 0.3) is 0 Å². The minimum Gasteiger partial charge on any atom is -0.508 e. The number of para-hydroxylation sites is 2. The zero-order valence-corrected chi connectivity index (χ0v) is 31.6. The van der Waals surface area contributed by atoms with Crippen LogP contribution in [0.15, 0.2) is 119 Å². The third-order valence-electron chi connectivity index (χ3n) is 11.7. The van der Waals surface area contributed by atoms with Crippen LogP contribution in [0.2, 0.25) is 0 Å². The third kappa shape index (κ3) is 7.99. The molecule has 0 aromatic heterocycles. The lowest BCUT2D eigenvalue weighted by atomic mass is 9.88. The summed E-state index contributed by atoms with van der Waals surface area (Å²) >= 11 is 0. The van der Waals surface area contributed by atoms with Gasteiger partial charge in [0.1, 0.15) is 23.0 Å². The van der Waals surface area contributed by atoms with Crippen molar-refractivity contribution in [2.75, 3.05) is 0 Å². The zero-order chi connectivity index (χ0) is 38.4. The van der Waals surface area contributed by atoms with Crippen LogP contribution in [0.25, 0.3) is 32.7 Å². The molecule has 2 aliphatic rings. The summed E-state index contributed by atoms with van der Waals surface area (Å²) in [6.07, 6.45) is 11.8. The van der Waals surface area contributed by atoms with E-state index in [4.69, 9.17) is 9.98 Å². The van der Waals surface area contributed by atoms with E-state index in [1.54, 1.807) is 24.6 Å². The van der Waals surface area contributed by atoms with Crippen molar-refractivity contribution in [3.63, 3.8) is 0 Å². The molecule has 56 heavy (non-hydrogen) atoms. The number of hydrogen-bond acceptors (Lipinski definition) is 8. The maximum Gasteiger partial charge on any atom is 0.132 e. The smallest absolute Gasteiger partial charge is 0.132 e. The van der Waals surface area contributed by atoms with Crippen molar-refractivity contribution in [2.24, 2.45) is 9.98 Å². The Morgan fingerprint density at radius 1 is 0.500 bits per heavy atom. The topological polar surface area (TPSA) is 130 Å². The first-order valence-electron chi connectivity index (χ1n) is 20.0. The summed E-state index contributed by atoms with van der Waals surface area (Å²) in [5.41, 5.74) is 4.02. The molecule has 0 aliphatic heterocycles. The van der Waals surface area contributed by atoms with Crippen LogP contribution in [0, 0.1) is 0 Å². The van der Waals surface area contributed by atoms with Crippen LogP contribution in [-0.4, -0.2) is 57.0 Å². The van der Waals surface area contributed by atoms with Crippen LogP contribution < -0.4 is 10.6 Å². The molecule has 0 unspecified atom stereocenters. The average molecular weight is 747 g/mol. The molecule has 2 saturated carbocycles. The second-order valence-corrected chi connectivity index (χ2v) is 15.3. The summed E-state index contributed by atoms with van der Waals surface area (Å²) in [5, 5.41) is 55.9. The van der Waals surface area contributed by atoms with Gasteiger partial charge in [0.2, 0.25) is 0 Å². The van der Waals surface area contributed by atoms with Gasteiger partial charge in [-0.05, 0) is 71.5 Å². The molecular formula is C48H50N4O4. The second-order valence-electron chi connectivity index (χ2n) is 15.3. The van der Waals surface area contributed by atoms with E-state index in [9.17, 15) is 20.4 Å². The number of nitrogens with zero attached hydrogens (tertiary/aromatic N) is 2. The van der Waals surface area contributed by atoms with Gasteiger partial charge in [-0.15, -0.1) is 0 Å². The van der Waals surface area contributed by atoms with Gasteiger partial charge >= 0.3 is 0 Å². The molecule has 8 rings (SSSR count). The average Bonchev–Trinajstić information content (AvgIpc) is 3.23. The predicted octanol–water partition coefficient (Wildman–Crippen LogP) is 9.52. The summed E-state index contributed by atoms with van der Waals surface area (Å²) in [5.74, 6) is 0.701. The van der Waals surface area contributed by atoms with Crippen LogP contribution in [-0.2, 0) is 13.1 Å². The van der Waals surface area contributed by atoms with E-state index in [2.05, 4.69) is 10.6 Å². The van der Waals surface area contributed by atoms with Gasteiger partial charge in [-0.1, -0.05) is 111 Å². The Balaban J connectivity index is 1.13. The highest BCUT2D eigenvalue weighted by molar-refractivity contribution is 6.14. The van der Waals surface area contributed by atoms with E-state index < -0.39 is 0 Å². The molecule has 2 fully saturated rings. The first-order chi connectivity index (χ1) is 27.4. The van der Waals surface area contributed by atoms with Crippen molar-refractivity contribution in [3.05, 3.63) is 131 Å². The lowest BCUT2D eigenvalue weighted by molar-refractivity contribution is 0.327. The SMILES string of the molecule is Oc1ccccc1CN[C@@H]1CCCC[C@H]1N=Cc1cc2ccccc2c(-c2c(O)c(C=N[C@@H]3CCCC[C@H]3NCc3ccccc3O)cc3ccccc23)c1O. The van der Waals surface area contributed by atoms with Crippen molar-refractivity contribution >= 4 is 34.0 Å². The van der Waals surface area contributed by atoms with Crippen LogP contribution in [0.3, 0.4) is 0 Å². The van der Waals surface area contributed by atoms with Crippen LogP contribution in [0.5, 0.6) is 23.0 Å². The molecule has 0 amide bonds. The van der Waals surface area contributed by atoms with Gasteiger partial charge in [-0.2, -0.15) is 0 Å². The number of aromatic hydroxyl groups is 4. The molecule has 0 saturated heterocycles. The Labute approximate surface area is 328 Å². The molecule has 6 aromatic rings. The first kappa shape index (κ1) is 37.2. The summed E-state index contributed by atoms with van der Waals surface area (Å²) in [6, 6.07) is 35.0. The van der Waals surface area contributed by atoms with E-state index in [1.165, 1.54) is 0 Å². The molecule has 0 heterocycles. The van der Waals surface area contributed by atoms with Gasteiger partial charge in [-0.3, -0.25) is 9.98 Å². The molecule has 8 heteroatoms. The number of benzene rings is 6. The fourth-order valence-electron chi connectivity index (χ4n) is 8.63. The second kappa shape index (κ2) is 17.0. The minimum atomic E-state index is 0.00850. The standard InChI is InChI=1S/C48H50N4O4/c53-43-23-11-3-15-33(43)27-49-39-19-7-9-21-41(39)51-29-35-25-31-13-1-5-17-37(31)45(47(35)55)46-38-18-6-2-14-32(38)26-36(48(46)56)30-52-42-22-10-8-20-40(42)50-28-34-16-4-12-24-44(34)54/h1-6,11-18,23-26,29-30,39-42,49-50,53-56H,7-10,19-22,27-28H2/t39-,40-,41-,42-/m1/s1. The molecule has 0 radical (unpaired) electrons. The van der Waals surface area contributed by atoms with E-state index >= 15 is 0 Å². The van der Waals surface area contributed by atoms with E-state index in [1.807, 2.05) is 97.1 Å². The highest BCUT2D eigenvalue weighted by Crippen LogP contribution is 2.47. The van der Waals surface area contributed by atoms with Gasteiger partial charge in [-0.25, -0.2) is 0 Å². The fourth-order valence-corrected chi connectivity index (χ4v) is 8.63. The van der Waals surface area contributed by atoms with Crippen molar-refractivity contribution < 1.29 is 20.4 Å². The maximum absolute atomic E-state index is 12.2. The van der Waals surface area contributed by atoms with Gasteiger partial charge in [0.15, 0.2) is 0 Å². The van der Waals surface area contributed by atoms with Crippen LogP contribution in [0.1, 0.15) is 73.6 Å². The molecule has 6 aromatic carbocycles. The monoisotopic (exact) mass is 746 g/mol. The summed E-state index contributed by atoms with van der Waals surface area (Å²) in [4.78, 5) is 10.2. The Morgan fingerprint density at radius 3 is 1.34 bits per heavy atom. The normalized spacial score (nSPS) is 20.4. The van der Waals surface area contributed by atoms with Gasteiger partial charge < -0.3 is 31.1 Å². The fraction of sp³-hybridized carbons (Fsp3) is 0.292. The Morgan fingerprint density at radius 2 is 0.893 bits per heavy atom. The van der Waals surface area contributed by atoms with Crippen molar-refractivity contribution in [2.45, 2.75) is 88.6 Å². The Bertz CT molecular complexity index is 2220. The molecule has 286 valence electrons. The predicted molar refractivity (Wildman–Crippen MR) is 227 cm³/mol. The van der Waals surface area contributed by atoms with Crippen molar-refractivity contribution in [1.82, 2.24) is 10.6 Å². The number of nitrogens with one attached hydrogen (secondary N) is 2. The van der Waals surface area contributed by atoms with Gasteiger partial charge in [0, 0.05) is 71.0 Å². The number of rotatable bonds is 11. The summed E-state index contributed by atoms with van der Waals surface area (Å²) in [6.45, 7) is 1.10. The number of aliphatic imine (C=N–C) groups is 2. The minimum absolute atomic E-state index is 0.00850. The number of phenolic OH excluding ortho intramolecular Hbond substituents is 4. The molecule has 0 bridgehead atoms. The highest BCUT2D eigenvalue weighted by atomic mass is 16.3. The molecule has 4 atom stereocenters. The van der Waals surface area contributed by atoms with Crippen LogP contribution >= 0.6 is 0 Å². The number of fused-ring (bicyclic) bond motifs is 2. The molecule has 2 aliphatic carbocycles.